The molecule has 0 aromatic heterocycles. The summed E-state index contributed by atoms with van der Waals surface area (Å²) >= 11 is 2.19. The normalized spacial score (nSPS) is 14.2. The van der Waals surface area contributed by atoms with Gasteiger partial charge in [-0.1, -0.05) is 55.3 Å². The quantitative estimate of drug-likeness (QED) is 0.222. The van der Waals surface area contributed by atoms with Gasteiger partial charge in [-0.05, 0) is 75.5 Å². The number of rotatable bonds is 7. The minimum absolute atomic E-state index is 0.0872. The van der Waals surface area contributed by atoms with Crippen LogP contribution in [0.1, 0.15) is 36.8 Å². The van der Waals surface area contributed by atoms with E-state index in [0.29, 0.717) is 23.7 Å². The molecule has 1 amide bonds. The van der Waals surface area contributed by atoms with Crippen LogP contribution in [-0.4, -0.2) is 19.1 Å². The van der Waals surface area contributed by atoms with E-state index in [2.05, 4.69) is 52.2 Å². The maximum absolute atomic E-state index is 12.5. The molecule has 5 nitrogen and oxygen atoms in total. The van der Waals surface area contributed by atoms with E-state index >= 15 is 0 Å². The van der Waals surface area contributed by atoms with Crippen molar-refractivity contribution >= 4 is 45.3 Å². The molecule has 33 heavy (non-hydrogen) atoms. The minimum Gasteiger partial charge on any atom is -0.493 e. The van der Waals surface area contributed by atoms with Crippen LogP contribution in [0.4, 0.5) is 0 Å². The molecule has 0 aliphatic heterocycles. The molecule has 0 spiro atoms. The first-order valence-corrected chi connectivity index (χ1v) is 12.1. The Bertz CT molecular complexity index is 1230. The number of hydrogen-bond donors (Lipinski definition) is 1. The molecule has 3 aromatic carbocycles. The standard InChI is InChI=1S/C27H25IN2O3/c1-32-25-15-18(13-21(16-29)27(31)30-22-10-3-4-11-22)14-24(28)26(25)33-17-20-9-6-8-19-7-2-5-12-23(19)20/h2,5-9,12-15,22H,3-4,10-11,17H2,1H3,(H,30,31)/b21-13-. The number of carbonyl (C=O) groups excluding carboxylic acids is 1. The molecule has 6 heteroatoms. The van der Waals surface area contributed by atoms with Crippen molar-refractivity contribution in [1.82, 2.24) is 5.32 Å². The number of nitrogens with one attached hydrogen (secondary N) is 1. The van der Waals surface area contributed by atoms with Crippen LogP contribution in [0.15, 0.2) is 60.2 Å². The van der Waals surface area contributed by atoms with Gasteiger partial charge in [-0.25, -0.2) is 0 Å². The van der Waals surface area contributed by atoms with Crippen molar-refractivity contribution in [2.24, 2.45) is 0 Å². The van der Waals surface area contributed by atoms with Crippen LogP contribution in [0.2, 0.25) is 0 Å². The lowest BCUT2D eigenvalue weighted by Gasteiger charge is -2.15. The Kier molecular flexibility index (Phi) is 7.50. The molecule has 0 saturated heterocycles. The van der Waals surface area contributed by atoms with Crippen molar-refractivity contribution < 1.29 is 14.3 Å². The second-order valence-corrected chi connectivity index (χ2v) is 9.25. The van der Waals surface area contributed by atoms with Crippen LogP contribution >= 0.6 is 22.6 Å². The fourth-order valence-electron chi connectivity index (χ4n) is 4.18. The number of methoxy groups -OCH3 is 1. The van der Waals surface area contributed by atoms with Gasteiger partial charge in [0.2, 0.25) is 0 Å². The highest BCUT2D eigenvalue weighted by atomic mass is 127. The summed E-state index contributed by atoms with van der Waals surface area (Å²) in [6.07, 6.45) is 5.78. The van der Waals surface area contributed by atoms with E-state index in [4.69, 9.17) is 9.47 Å². The fraction of sp³-hybridized carbons (Fsp3) is 0.259. The first kappa shape index (κ1) is 23.1. The summed E-state index contributed by atoms with van der Waals surface area (Å²) in [6, 6.07) is 20.3. The van der Waals surface area contributed by atoms with Gasteiger partial charge in [0.25, 0.3) is 5.91 Å². The van der Waals surface area contributed by atoms with Gasteiger partial charge in [-0.2, -0.15) is 5.26 Å². The summed E-state index contributed by atoms with van der Waals surface area (Å²) in [5.74, 6) is 0.869. The Morgan fingerprint density at radius 3 is 2.70 bits per heavy atom. The van der Waals surface area contributed by atoms with Crippen molar-refractivity contribution in [2.75, 3.05) is 7.11 Å². The molecule has 1 aliphatic rings. The van der Waals surface area contributed by atoms with Crippen molar-refractivity contribution in [3.8, 4) is 17.6 Å². The van der Waals surface area contributed by atoms with Gasteiger partial charge in [0.1, 0.15) is 18.2 Å². The average molecular weight is 552 g/mol. The van der Waals surface area contributed by atoms with Crippen molar-refractivity contribution in [3.05, 3.63) is 74.9 Å². The zero-order valence-corrected chi connectivity index (χ0v) is 20.6. The maximum Gasteiger partial charge on any atom is 0.262 e. The molecule has 0 radical (unpaired) electrons. The van der Waals surface area contributed by atoms with E-state index in [9.17, 15) is 10.1 Å². The monoisotopic (exact) mass is 552 g/mol. The van der Waals surface area contributed by atoms with E-state index in [1.54, 1.807) is 19.3 Å². The number of benzene rings is 3. The van der Waals surface area contributed by atoms with Crippen LogP contribution in [0, 0.1) is 14.9 Å². The molecule has 1 saturated carbocycles. The lowest BCUT2D eigenvalue weighted by molar-refractivity contribution is -0.117. The lowest BCUT2D eigenvalue weighted by Crippen LogP contribution is -2.33. The van der Waals surface area contributed by atoms with Gasteiger partial charge in [-0.15, -0.1) is 0 Å². The van der Waals surface area contributed by atoms with Gasteiger partial charge in [0.15, 0.2) is 11.5 Å². The predicted octanol–water partition coefficient (Wildman–Crippen LogP) is 6.00. The second kappa shape index (κ2) is 10.7. The highest BCUT2D eigenvalue weighted by Gasteiger charge is 2.20. The molecule has 1 aliphatic carbocycles. The molecular weight excluding hydrogens is 527 g/mol. The average Bonchev–Trinajstić information content (AvgIpc) is 3.34. The van der Waals surface area contributed by atoms with Crippen LogP contribution in [0.25, 0.3) is 16.8 Å². The van der Waals surface area contributed by atoms with Crippen molar-refractivity contribution in [2.45, 2.75) is 38.3 Å². The number of fused-ring (bicyclic) bond motifs is 1. The fourth-order valence-corrected chi connectivity index (χ4v) is 4.96. The summed E-state index contributed by atoms with van der Waals surface area (Å²) in [4.78, 5) is 12.5. The molecule has 1 N–H and O–H groups in total. The minimum atomic E-state index is -0.324. The largest absolute Gasteiger partial charge is 0.493 e. The summed E-state index contributed by atoms with van der Waals surface area (Å²) < 4.78 is 12.6. The Morgan fingerprint density at radius 2 is 1.94 bits per heavy atom. The number of hydrogen-bond acceptors (Lipinski definition) is 4. The zero-order chi connectivity index (χ0) is 23.2. The van der Waals surface area contributed by atoms with Gasteiger partial charge >= 0.3 is 0 Å². The third kappa shape index (κ3) is 5.48. The van der Waals surface area contributed by atoms with Gasteiger partial charge < -0.3 is 14.8 Å². The number of nitriles is 1. The SMILES string of the molecule is COc1cc(/C=C(/C#N)C(=O)NC2CCCC2)cc(I)c1OCc1cccc2ccccc12. The second-order valence-electron chi connectivity index (χ2n) is 8.09. The highest BCUT2D eigenvalue weighted by molar-refractivity contribution is 14.1. The van der Waals surface area contributed by atoms with E-state index in [-0.39, 0.29) is 17.5 Å². The number of nitrogens with zero attached hydrogens (tertiary/aromatic N) is 1. The van der Waals surface area contributed by atoms with Crippen molar-refractivity contribution in [3.63, 3.8) is 0 Å². The summed E-state index contributed by atoms with van der Waals surface area (Å²) in [6.45, 7) is 0.399. The molecule has 1 fully saturated rings. The number of amides is 1. The summed E-state index contributed by atoms with van der Waals surface area (Å²) in [5, 5.41) is 14.8. The third-order valence-electron chi connectivity index (χ3n) is 5.87. The smallest absolute Gasteiger partial charge is 0.262 e. The predicted molar refractivity (Wildman–Crippen MR) is 138 cm³/mol. The first-order chi connectivity index (χ1) is 16.1. The Hall–Kier alpha value is -3.05. The van der Waals surface area contributed by atoms with E-state index < -0.39 is 0 Å². The van der Waals surface area contributed by atoms with Crippen molar-refractivity contribution in [1.29, 1.82) is 5.26 Å². The Morgan fingerprint density at radius 1 is 1.18 bits per heavy atom. The molecule has 168 valence electrons. The van der Waals surface area contributed by atoms with Crippen LogP contribution in [0.3, 0.4) is 0 Å². The third-order valence-corrected chi connectivity index (χ3v) is 6.67. The molecule has 3 aromatic rings. The number of halogens is 1. The van der Waals surface area contributed by atoms with Gasteiger partial charge in [0.05, 0.1) is 10.7 Å². The van der Waals surface area contributed by atoms with E-state index in [0.717, 1.165) is 40.2 Å². The van der Waals surface area contributed by atoms with Crippen LogP contribution in [0.5, 0.6) is 11.5 Å². The molecule has 0 bridgehead atoms. The number of ether oxygens (including phenoxy) is 2. The topological polar surface area (TPSA) is 71.3 Å². The van der Waals surface area contributed by atoms with Crippen LogP contribution < -0.4 is 14.8 Å². The first-order valence-electron chi connectivity index (χ1n) is 11.0. The Balaban J connectivity index is 1.55. The van der Waals surface area contributed by atoms with Crippen LogP contribution in [-0.2, 0) is 11.4 Å². The molecule has 4 rings (SSSR count). The maximum atomic E-state index is 12.5. The molecule has 0 atom stereocenters. The van der Waals surface area contributed by atoms with Gasteiger partial charge in [-0.3, -0.25) is 4.79 Å². The molecular formula is C27H25IN2O3. The highest BCUT2D eigenvalue weighted by Crippen LogP contribution is 2.35. The zero-order valence-electron chi connectivity index (χ0n) is 18.4. The molecule has 0 unspecified atom stereocenters. The van der Waals surface area contributed by atoms with E-state index in [1.807, 2.05) is 30.3 Å². The van der Waals surface area contributed by atoms with Gasteiger partial charge in [0, 0.05) is 6.04 Å². The summed E-state index contributed by atoms with van der Waals surface area (Å²) in [5.41, 5.74) is 1.89. The number of carbonyl (C=O) groups is 1. The summed E-state index contributed by atoms with van der Waals surface area (Å²) in [7, 11) is 1.59. The molecule has 0 heterocycles. The lowest BCUT2D eigenvalue weighted by atomic mass is 10.1. The Labute approximate surface area is 207 Å². The van der Waals surface area contributed by atoms with E-state index in [1.165, 1.54) is 5.39 Å².